The zero-order chi connectivity index (χ0) is 18.9. The van der Waals surface area contributed by atoms with E-state index in [4.69, 9.17) is 0 Å². The van der Waals surface area contributed by atoms with Gasteiger partial charge in [0.2, 0.25) is 5.91 Å². The molecule has 0 saturated heterocycles. The van der Waals surface area contributed by atoms with Gasteiger partial charge in [0.25, 0.3) is 0 Å². The molecule has 27 heavy (non-hydrogen) atoms. The maximum Gasteiger partial charge on any atom is 0.232 e. The van der Waals surface area contributed by atoms with E-state index >= 15 is 0 Å². The Morgan fingerprint density at radius 1 is 1.15 bits per heavy atom. The largest absolute Gasteiger partial charge is 0.301 e. The van der Waals surface area contributed by atoms with E-state index in [9.17, 15) is 4.79 Å². The van der Waals surface area contributed by atoms with Gasteiger partial charge in [0, 0.05) is 22.9 Å². The average Bonchev–Trinajstić information content (AvgIpc) is 3.33. The quantitative estimate of drug-likeness (QED) is 0.525. The van der Waals surface area contributed by atoms with Gasteiger partial charge in [-0.05, 0) is 23.3 Å². The molecule has 1 atom stereocenters. The number of aromatic nitrogens is 3. The number of benzene rings is 2. The third kappa shape index (κ3) is 3.36. The summed E-state index contributed by atoms with van der Waals surface area (Å²) in [6.45, 7) is 3.96. The van der Waals surface area contributed by atoms with Crippen LogP contribution in [0, 0.1) is 5.41 Å². The lowest BCUT2D eigenvalue weighted by Crippen LogP contribution is -2.37. The highest BCUT2D eigenvalue weighted by atomic mass is 32.1. The van der Waals surface area contributed by atoms with Crippen molar-refractivity contribution in [3.63, 3.8) is 0 Å². The summed E-state index contributed by atoms with van der Waals surface area (Å²) in [4.78, 5) is 17.4. The molecule has 136 valence electrons. The molecule has 0 fully saturated rings. The predicted octanol–water partition coefficient (Wildman–Crippen LogP) is 4.82. The highest BCUT2D eigenvalue weighted by molar-refractivity contribution is 7.13. The minimum absolute atomic E-state index is 0.0569. The topological polar surface area (TPSA) is 70.7 Å². The summed E-state index contributed by atoms with van der Waals surface area (Å²) in [5, 5.41) is 13.6. The molecule has 1 unspecified atom stereocenters. The summed E-state index contributed by atoms with van der Waals surface area (Å²) in [7, 11) is 0. The van der Waals surface area contributed by atoms with Gasteiger partial charge >= 0.3 is 0 Å². The molecule has 2 N–H and O–H groups in total. The van der Waals surface area contributed by atoms with Gasteiger partial charge < -0.3 is 5.32 Å². The molecule has 0 saturated carbocycles. The fraction of sp³-hybridized carbons (Fsp3) is 0.190. The zero-order valence-electron chi connectivity index (χ0n) is 15.1. The zero-order valence-corrected chi connectivity index (χ0v) is 16.0. The number of carbonyl (C=O) groups is 1. The molecule has 0 aliphatic rings. The number of anilines is 1. The molecule has 0 aliphatic heterocycles. The van der Waals surface area contributed by atoms with E-state index in [1.165, 1.54) is 11.3 Å². The van der Waals surface area contributed by atoms with Crippen molar-refractivity contribution in [3.8, 4) is 0 Å². The highest BCUT2D eigenvalue weighted by Crippen LogP contribution is 2.42. The van der Waals surface area contributed by atoms with Crippen LogP contribution in [-0.4, -0.2) is 21.1 Å². The van der Waals surface area contributed by atoms with Crippen LogP contribution in [-0.2, 0) is 4.79 Å². The van der Waals surface area contributed by atoms with Crippen molar-refractivity contribution in [3.05, 3.63) is 77.4 Å². The van der Waals surface area contributed by atoms with Gasteiger partial charge in [-0.1, -0.05) is 50.2 Å². The van der Waals surface area contributed by atoms with E-state index in [1.54, 1.807) is 6.20 Å². The Morgan fingerprint density at radius 3 is 2.70 bits per heavy atom. The fourth-order valence-corrected chi connectivity index (χ4v) is 4.01. The summed E-state index contributed by atoms with van der Waals surface area (Å²) in [5.74, 6) is -0.170. The lowest BCUT2D eigenvalue weighted by molar-refractivity contribution is -0.124. The molecule has 6 heteroatoms. The minimum atomic E-state index is -0.690. The molecule has 0 spiro atoms. The number of nitrogens with zero attached hydrogens (tertiary/aromatic N) is 2. The number of thiazole rings is 1. The van der Waals surface area contributed by atoms with Gasteiger partial charge in [-0.15, -0.1) is 11.3 Å². The van der Waals surface area contributed by atoms with Crippen molar-refractivity contribution < 1.29 is 4.79 Å². The van der Waals surface area contributed by atoms with Crippen LogP contribution in [0.25, 0.3) is 10.9 Å². The SMILES string of the molecule is CC(C)(C(=O)Nc1nccs1)C(c1ccccc1)c1ccc2[nH]ncc2c1. The van der Waals surface area contributed by atoms with Crippen molar-refractivity contribution in [2.45, 2.75) is 19.8 Å². The number of fused-ring (bicyclic) bond motifs is 1. The van der Waals surface area contributed by atoms with Crippen molar-refractivity contribution in [1.82, 2.24) is 15.2 Å². The summed E-state index contributed by atoms with van der Waals surface area (Å²) < 4.78 is 0. The predicted molar refractivity (Wildman–Crippen MR) is 109 cm³/mol. The molecule has 1 amide bonds. The molecule has 0 aliphatic carbocycles. The van der Waals surface area contributed by atoms with Crippen molar-refractivity contribution in [2.24, 2.45) is 5.41 Å². The fourth-order valence-electron chi connectivity index (χ4n) is 3.49. The average molecular weight is 376 g/mol. The Balaban J connectivity index is 1.78. The number of amides is 1. The Labute approximate surface area is 161 Å². The van der Waals surface area contributed by atoms with Crippen LogP contribution in [0.1, 0.15) is 30.9 Å². The first kappa shape index (κ1) is 17.4. The molecule has 5 nitrogen and oxygen atoms in total. The van der Waals surface area contributed by atoms with Gasteiger partial charge in [-0.2, -0.15) is 5.10 Å². The number of aromatic amines is 1. The molecule has 0 radical (unpaired) electrons. The normalized spacial score (nSPS) is 12.8. The molecule has 4 aromatic rings. The Morgan fingerprint density at radius 2 is 1.96 bits per heavy atom. The van der Waals surface area contributed by atoms with E-state index in [-0.39, 0.29) is 11.8 Å². The number of nitrogens with one attached hydrogen (secondary N) is 2. The van der Waals surface area contributed by atoms with E-state index < -0.39 is 5.41 Å². The number of hydrogen-bond donors (Lipinski definition) is 2. The highest BCUT2D eigenvalue weighted by Gasteiger charge is 2.39. The van der Waals surface area contributed by atoms with Crippen LogP contribution < -0.4 is 5.32 Å². The van der Waals surface area contributed by atoms with E-state index in [0.29, 0.717) is 5.13 Å². The van der Waals surface area contributed by atoms with Crippen molar-refractivity contribution in [1.29, 1.82) is 0 Å². The molecule has 0 bridgehead atoms. The molecular weight excluding hydrogens is 356 g/mol. The van der Waals surface area contributed by atoms with Crippen LogP contribution in [0.15, 0.2) is 66.3 Å². The van der Waals surface area contributed by atoms with Gasteiger partial charge in [0.1, 0.15) is 0 Å². The summed E-state index contributed by atoms with van der Waals surface area (Å²) in [6.07, 6.45) is 3.50. The summed E-state index contributed by atoms with van der Waals surface area (Å²) >= 11 is 1.42. The lowest BCUT2D eigenvalue weighted by Gasteiger charge is -2.33. The van der Waals surface area contributed by atoms with Gasteiger partial charge in [0.15, 0.2) is 5.13 Å². The molecule has 2 aromatic heterocycles. The van der Waals surface area contributed by atoms with E-state index in [0.717, 1.165) is 22.0 Å². The first-order chi connectivity index (χ1) is 13.1. The van der Waals surface area contributed by atoms with Crippen molar-refractivity contribution >= 4 is 33.3 Å². The van der Waals surface area contributed by atoms with Crippen LogP contribution in [0.3, 0.4) is 0 Å². The molecule has 2 aromatic carbocycles. The monoisotopic (exact) mass is 376 g/mol. The Kier molecular flexibility index (Phi) is 4.49. The van der Waals surface area contributed by atoms with Crippen LogP contribution in [0.2, 0.25) is 0 Å². The van der Waals surface area contributed by atoms with Crippen LogP contribution >= 0.6 is 11.3 Å². The Bertz CT molecular complexity index is 1050. The molecular formula is C21H20N4OS. The molecule has 4 rings (SSSR count). The third-order valence-electron chi connectivity index (χ3n) is 4.89. The summed E-state index contributed by atoms with van der Waals surface area (Å²) in [5.41, 5.74) is 2.47. The van der Waals surface area contributed by atoms with Gasteiger partial charge in [-0.25, -0.2) is 4.98 Å². The van der Waals surface area contributed by atoms with Gasteiger partial charge in [0.05, 0.1) is 17.1 Å². The maximum atomic E-state index is 13.2. The second-order valence-electron chi connectivity index (χ2n) is 7.07. The van der Waals surface area contributed by atoms with Crippen LogP contribution in [0.4, 0.5) is 5.13 Å². The number of hydrogen-bond acceptors (Lipinski definition) is 4. The first-order valence-corrected chi connectivity index (χ1v) is 9.62. The second kappa shape index (κ2) is 6.96. The minimum Gasteiger partial charge on any atom is -0.301 e. The first-order valence-electron chi connectivity index (χ1n) is 8.74. The number of carbonyl (C=O) groups excluding carboxylic acids is 1. The van der Waals surface area contributed by atoms with Gasteiger partial charge in [-0.3, -0.25) is 9.89 Å². The van der Waals surface area contributed by atoms with E-state index in [2.05, 4.69) is 44.8 Å². The standard InChI is InChI=1S/C21H20N4OS/c1-21(2,19(26)24-20-22-10-11-27-20)18(14-6-4-3-5-7-14)15-8-9-17-16(12-15)13-23-25-17/h3-13,18H,1-2H3,(H,23,25)(H,22,24,26). The third-order valence-corrected chi connectivity index (χ3v) is 5.58. The molecule has 2 heterocycles. The smallest absolute Gasteiger partial charge is 0.232 e. The lowest BCUT2D eigenvalue weighted by atomic mass is 9.70. The number of H-pyrrole nitrogens is 1. The Hall–Kier alpha value is -2.99. The van der Waals surface area contributed by atoms with Crippen LogP contribution in [0.5, 0.6) is 0 Å². The van der Waals surface area contributed by atoms with Crippen molar-refractivity contribution in [2.75, 3.05) is 5.32 Å². The summed E-state index contributed by atoms with van der Waals surface area (Å²) in [6, 6.07) is 16.3. The van der Waals surface area contributed by atoms with E-state index in [1.807, 2.05) is 49.7 Å². The maximum absolute atomic E-state index is 13.2. The second-order valence-corrected chi connectivity index (χ2v) is 7.97. The number of rotatable bonds is 5.